The molecule has 2 nitrogen and oxygen atoms in total. The maximum absolute atomic E-state index is 6.12. The standard InChI is InChI=1S/C10H15ClN2/c1-3-6-12-10-9(11)8(4-2)5-7-13-10/h5,7H,3-4,6H2,1-2H3,(H,12,13). The average molecular weight is 199 g/mol. The van der Waals surface area contributed by atoms with E-state index in [0.29, 0.717) is 0 Å². The van der Waals surface area contributed by atoms with E-state index in [1.807, 2.05) is 6.07 Å². The molecule has 1 aromatic rings. The topological polar surface area (TPSA) is 24.9 Å². The van der Waals surface area contributed by atoms with Gasteiger partial charge in [0.2, 0.25) is 0 Å². The van der Waals surface area contributed by atoms with Gasteiger partial charge in [0.25, 0.3) is 0 Å². The molecule has 72 valence electrons. The molecule has 0 fully saturated rings. The average Bonchev–Trinajstić information content (AvgIpc) is 2.16. The maximum atomic E-state index is 6.12. The number of hydrogen-bond donors (Lipinski definition) is 1. The third kappa shape index (κ3) is 2.59. The number of aryl methyl sites for hydroxylation is 1. The fourth-order valence-electron chi connectivity index (χ4n) is 1.12. The van der Waals surface area contributed by atoms with Gasteiger partial charge in [-0.3, -0.25) is 0 Å². The van der Waals surface area contributed by atoms with Crippen molar-refractivity contribution in [3.05, 3.63) is 22.8 Å². The van der Waals surface area contributed by atoms with Crippen LogP contribution in [0.25, 0.3) is 0 Å². The Kier molecular flexibility index (Phi) is 4.03. The van der Waals surface area contributed by atoms with Gasteiger partial charge in [0.15, 0.2) is 0 Å². The van der Waals surface area contributed by atoms with E-state index in [4.69, 9.17) is 11.6 Å². The summed E-state index contributed by atoms with van der Waals surface area (Å²) in [5, 5.41) is 3.96. The molecule has 3 heteroatoms. The van der Waals surface area contributed by atoms with Crippen molar-refractivity contribution in [1.29, 1.82) is 0 Å². The molecule has 0 amide bonds. The molecule has 0 saturated carbocycles. The Bertz CT molecular complexity index is 274. The molecule has 1 rings (SSSR count). The van der Waals surface area contributed by atoms with Crippen LogP contribution in [0.1, 0.15) is 25.8 Å². The first-order chi connectivity index (χ1) is 6.29. The summed E-state index contributed by atoms with van der Waals surface area (Å²) < 4.78 is 0. The van der Waals surface area contributed by atoms with E-state index >= 15 is 0 Å². The molecule has 0 aliphatic rings. The van der Waals surface area contributed by atoms with Gasteiger partial charge in [-0.15, -0.1) is 0 Å². The van der Waals surface area contributed by atoms with Crippen molar-refractivity contribution in [2.45, 2.75) is 26.7 Å². The van der Waals surface area contributed by atoms with E-state index in [9.17, 15) is 0 Å². The Labute approximate surface area is 84.3 Å². The van der Waals surface area contributed by atoms with Crippen molar-refractivity contribution < 1.29 is 0 Å². The zero-order chi connectivity index (χ0) is 9.68. The molecule has 0 atom stereocenters. The van der Waals surface area contributed by atoms with E-state index in [0.717, 1.165) is 35.8 Å². The van der Waals surface area contributed by atoms with E-state index < -0.39 is 0 Å². The predicted octanol–water partition coefficient (Wildman–Crippen LogP) is 3.12. The Morgan fingerprint density at radius 2 is 2.23 bits per heavy atom. The minimum Gasteiger partial charge on any atom is -0.369 e. The number of halogens is 1. The lowest BCUT2D eigenvalue weighted by Gasteiger charge is -2.08. The first-order valence-electron chi connectivity index (χ1n) is 4.66. The molecule has 0 radical (unpaired) electrons. The second kappa shape index (κ2) is 5.07. The zero-order valence-corrected chi connectivity index (χ0v) is 8.86. The minimum absolute atomic E-state index is 0.762. The fourth-order valence-corrected chi connectivity index (χ4v) is 1.44. The SMILES string of the molecule is CCCNc1nccc(CC)c1Cl. The van der Waals surface area contributed by atoms with Crippen LogP contribution in [0.5, 0.6) is 0 Å². The van der Waals surface area contributed by atoms with Gasteiger partial charge in [0, 0.05) is 12.7 Å². The number of rotatable bonds is 4. The predicted molar refractivity (Wildman–Crippen MR) is 57.4 cm³/mol. The van der Waals surface area contributed by atoms with Crippen LogP contribution in [0.4, 0.5) is 5.82 Å². The van der Waals surface area contributed by atoms with Gasteiger partial charge < -0.3 is 5.32 Å². The molecule has 0 saturated heterocycles. The summed E-state index contributed by atoms with van der Waals surface area (Å²) in [5.74, 6) is 0.808. The quantitative estimate of drug-likeness (QED) is 0.804. The Morgan fingerprint density at radius 3 is 2.85 bits per heavy atom. The van der Waals surface area contributed by atoms with Gasteiger partial charge in [-0.05, 0) is 24.5 Å². The highest BCUT2D eigenvalue weighted by Gasteiger charge is 2.04. The van der Waals surface area contributed by atoms with Crippen molar-refractivity contribution in [3.8, 4) is 0 Å². The van der Waals surface area contributed by atoms with Gasteiger partial charge in [0.1, 0.15) is 5.82 Å². The fraction of sp³-hybridized carbons (Fsp3) is 0.500. The number of pyridine rings is 1. The molecule has 1 N–H and O–H groups in total. The van der Waals surface area contributed by atoms with Crippen LogP contribution in [0.3, 0.4) is 0 Å². The summed E-state index contributed by atoms with van der Waals surface area (Å²) in [6.07, 6.45) is 3.82. The lowest BCUT2D eigenvalue weighted by molar-refractivity contribution is 0.966. The van der Waals surface area contributed by atoms with Crippen LogP contribution in [-0.4, -0.2) is 11.5 Å². The summed E-state index contributed by atoms with van der Waals surface area (Å²) in [5.41, 5.74) is 1.15. The molecule has 13 heavy (non-hydrogen) atoms. The third-order valence-electron chi connectivity index (χ3n) is 1.89. The van der Waals surface area contributed by atoms with E-state index in [2.05, 4.69) is 24.1 Å². The van der Waals surface area contributed by atoms with Gasteiger partial charge in [-0.25, -0.2) is 4.98 Å². The van der Waals surface area contributed by atoms with Gasteiger partial charge in [0.05, 0.1) is 5.02 Å². The monoisotopic (exact) mass is 198 g/mol. The van der Waals surface area contributed by atoms with E-state index in [1.165, 1.54) is 0 Å². The van der Waals surface area contributed by atoms with Crippen molar-refractivity contribution in [1.82, 2.24) is 4.98 Å². The van der Waals surface area contributed by atoms with E-state index in [1.54, 1.807) is 6.20 Å². The van der Waals surface area contributed by atoms with Crippen molar-refractivity contribution in [2.24, 2.45) is 0 Å². The number of nitrogens with one attached hydrogen (secondary N) is 1. The maximum Gasteiger partial charge on any atom is 0.145 e. The van der Waals surface area contributed by atoms with Crippen molar-refractivity contribution >= 4 is 17.4 Å². The van der Waals surface area contributed by atoms with Crippen LogP contribution in [0.2, 0.25) is 5.02 Å². The zero-order valence-electron chi connectivity index (χ0n) is 8.10. The number of nitrogens with zero attached hydrogens (tertiary/aromatic N) is 1. The van der Waals surface area contributed by atoms with Crippen LogP contribution in [0, 0.1) is 0 Å². The first kappa shape index (κ1) is 10.3. The second-order valence-corrected chi connectivity index (χ2v) is 3.29. The van der Waals surface area contributed by atoms with Crippen LogP contribution >= 0.6 is 11.6 Å². The first-order valence-corrected chi connectivity index (χ1v) is 5.04. The van der Waals surface area contributed by atoms with Gasteiger partial charge >= 0.3 is 0 Å². The Balaban J connectivity index is 2.81. The van der Waals surface area contributed by atoms with Gasteiger partial charge in [-0.1, -0.05) is 25.4 Å². The molecule has 0 aliphatic carbocycles. The lowest BCUT2D eigenvalue weighted by Crippen LogP contribution is -2.03. The lowest BCUT2D eigenvalue weighted by atomic mass is 10.2. The summed E-state index contributed by atoms with van der Waals surface area (Å²) in [4.78, 5) is 4.18. The summed E-state index contributed by atoms with van der Waals surface area (Å²) in [7, 11) is 0. The summed E-state index contributed by atoms with van der Waals surface area (Å²) >= 11 is 6.12. The highest BCUT2D eigenvalue weighted by atomic mass is 35.5. The van der Waals surface area contributed by atoms with E-state index in [-0.39, 0.29) is 0 Å². The molecular weight excluding hydrogens is 184 g/mol. The van der Waals surface area contributed by atoms with Crippen molar-refractivity contribution in [2.75, 3.05) is 11.9 Å². The summed E-state index contributed by atoms with van der Waals surface area (Å²) in [6.45, 7) is 5.12. The minimum atomic E-state index is 0.762. The Hall–Kier alpha value is -0.760. The number of hydrogen-bond acceptors (Lipinski definition) is 2. The number of anilines is 1. The molecule has 0 spiro atoms. The molecule has 0 aliphatic heterocycles. The van der Waals surface area contributed by atoms with Crippen molar-refractivity contribution in [3.63, 3.8) is 0 Å². The highest BCUT2D eigenvalue weighted by Crippen LogP contribution is 2.23. The van der Waals surface area contributed by atoms with Gasteiger partial charge in [-0.2, -0.15) is 0 Å². The van der Waals surface area contributed by atoms with Crippen LogP contribution in [-0.2, 0) is 6.42 Å². The molecule has 0 aromatic carbocycles. The number of aromatic nitrogens is 1. The largest absolute Gasteiger partial charge is 0.369 e. The second-order valence-electron chi connectivity index (χ2n) is 2.91. The molecule has 1 heterocycles. The normalized spacial score (nSPS) is 10.1. The van der Waals surface area contributed by atoms with Crippen LogP contribution in [0.15, 0.2) is 12.3 Å². The molecular formula is C10H15ClN2. The Morgan fingerprint density at radius 1 is 1.46 bits per heavy atom. The molecule has 1 aromatic heterocycles. The molecule has 0 bridgehead atoms. The highest BCUT2D eigenvalue weighted by molar-refractivity contribution is 6.33. The third-order valence-corrected chi connectivity index (χ3v) is 2.31. The summed E-state index contributed by atoms with van der Waals surface area (Å²) in [6, 6.07) is 1.96. The smallest absolute Gasteiger partial charge is 0.145 e. The molecule has 0 unspecified atom stereocenters. The van der Waals surface area contributed by atoms with Crippen LogP contribution < -0.4 is 5.32 Å².